The highest BCUT2D eigenvalue weighted by Crippen LogP contribution is 2.39. The van der Waals surface area contributed by atoms with Crippen LogP contribution in [0.4, 0.5) is 0 Å². The molecule has 0 bridgehead atoms. The predicted octanol–water partition coefficient (Wildman–Crippen LogP) is 2.60. The van der Waals surface area contributed by atoms with Gasteiger partial charge in [-0.3, -0.25) is 9.36 Å². The number of allylic oxidation sites excluding steroid dienone is 1. The number of hydrogen-bond donors (Lipinski definition) is 1. The number of imidazole rings is 1. The number of ketones is 1. The van der Waals surface area contributed by atoms with Gasteiger partial charge in [0.25, 0.3) is 0 Å². The summed E-state index contributed by atoms with van der Waals surface area (Å²) in [5.41, 5.74) is 2.29. The third-order valence-corrected chi connectivity index (χ3v) is 5.20. The van der Waals surface area contributed by atoms with Gasteiger partial charge in [0.2, 0.25) is 0 Å². The number of nitrogens with zero attached hydrogens (tertiary/aromatic N) is 2. The second-order valence-corrected chi connectivity index (χ2v) is 6.46. The molecule has 1 aromatic carbocycles. The average Bonchev–Trinajstić information content (AvgIpc) is 2.99. The van der Waals surface area contributed by atoms with Crippen molar-refractivity contribution in [2.75, 3.05) is 0 Å². The van der Waals surface area contributed by atoms with Crippen LogP contribution >= 0.6 is 0 Å². The topological polar surface area (TPSA) is 64.4 Å². The van der Waals surface area contributed by atoms with Crippen molar-refractivity contribution in [1.29, 1.82) is 0 Å². The van der Waals surface area contributed by atoms with Crippen molar-refractivity contribution in [3.63, 3.8) is 0 Å². The molecule has 120 valence electrons. The molecule has 5 heteroatoms. The number of ether oxygens (including phenoxy) is 1. The summed E-state index contributed by atoms with van der Waals surface area (Å²) >= 11 is 0. The SMILES string of the molecule is CCC1CC2C(=O)C(n3cnc4ccccc43)=COC2CC1O. The first-order valence-corrected chi connectivity index (χ1v) is 8.19. The Hall–Kier alpha value is -2.14. The highest BCUT2D eigenvalue weighted by atomic mass is 16.5. The molecule has 0 radical (unpaired) electrons. The molecular weight excluding hydrogens is 292 g/mol. The van der Waals surface area contributed by atoms with Crippen LogP contribution in [0.2, 0.25) is 0 Å². The predicted molar refractivity (Wildman–Crippen MR) is 86.4 cm³/mol. The fourth-order valence-corrected chi connectivity index (χ4v) is 3.82. The van der Waals surface area contributed by atoms with Crippen LogP contribution in [0.25, 0.3) is 16.7 Å². The van der Waals surface area contributed by atoms with Crippen LogP contribution in [0.3, 0.4) is 0 Å². The Labute approximate surface area is 134 Å². The van der Waals surface area contributed by atoms with E-state index < -0.39 is 0 Å². The van der Waals surface area contributed by atoms with E-state index in [0.29, 0.717) is 18.5 Å². The van der Waals surface area contributed by atoms with Gasteiger partial charge in [-0.25, -0.2) is 4.98 Å². The Morgan fingerprint density at radius 3 is 3.00 bits per heavy atom. The molecule has 1 aliphatic carbocycles. The van der Waals surface area contributed by atoms with Crippen LogP contribution in [0.15, 0.2) is 36.9 Å². The van der Waals surface area contributed by atoms with Crippen molar-refractivity contribution in [3.8, 4) is 0 Å². The number of benzene rings is 1. The minimum absolute atomic E-state index is 0.0924. The normalized spacial score (nSPS) is 30.7. The highest BCUT2D eigenvalue weighted by Gasteiger charge is 2.43. The van der Waals surface area contributed by atoms with Gasteiger partial charge in [0.15, 0.2) is 5.78 Å². The molecule has 0 saturated heterocycles. The molecule has 1 aromatic heterocycles. The molecule has 0 spiro atoms. The van der Waals surface area contributed by atoms with Crippen LogP contribution in [0.5, 0.6) is 0 Å². The van der Waals surface area contributed by atoms with Crippen LogP contribution in [-0.4, -0.2) is 32.6 Å². The van der Waals surface area contributed by atoms with Crippen molar-refractivity contribution in [2.24, 2.45) is 11.8 Å². The zero-order chi connectivity index (χ0) is 16.0. The number of aliphatic hydroxyl groups excluding tert-OH is 1. The molecule has 2 aliphatic rings. The summed E-state index contributed by atoms with van der Waals surface area (Å²) in [7, 11) is 0. The Balaban J connectivity index is 1.70. The summed E-state index contributed by atoms with van der Waals surface area (Å²) in [6.07, 6.45) is 4.72. The maximum atomic E-state index is 13.0. The maximum Gasteiger partial charge on any atom is 0.189 e. The minimum Gasteiger partial charge on any atom is -0.495 e. The number of para-hydroxylation sites is 2. The van der Waals surface area contributed by atoms with Gasteiger partial charge in [0, 0.05) is 6.42 Å². The number of carbonyl (C=O) groups excluding carboxylic acids is 1. The number of aliphatic hydroxyl groups is 1. The molecule has 4 unspecified atom stereocenters. The van der Waals surface area contributed by atoms with Gasteiger partial charge in [0.1, 0.15) is 24.4 Å². The fourth-order valence-electron chi connectivity index (χ4n) is 3.82. The molecule has 5 nitrogen and oxygen atoms in total. The van der Waals surface area contributed by atoms with Gasteiger partial charge in [-0.1, -0.05) is 25.5 Å². The molecule has 1 aliphatic heterocycles. The summed E-state index contributed by atoms with van der Waals surface area (Å²) in [4.78, 5) is 17.3. The Morgan fingerprint density at radius 2 is 2.17 bits per heavy atom. The van der Waals surface area contributed by atoms with E-state index in [1.807, 2.05) is 24.3 Å². The lowest BCUT2D eigenvalue weighted by Crippen LogP contribution is -2.45. The standard InChI is InChI=1S/C18H20N2O3/c1-2-11-7-12-17(8-16(11)21)23-9-15(18(12)22)20-10-19-13-5-3-4-6-14(13)20/h3-6,9-12,16-17,21H,2,7-8H2,1H3. The fraction of sp³-hybridized carbons (Fsp3) is 0.444. The molecule has 1 N–H and O–H groups in total. The number of carbonyl (C=O) groups is 1. The number of aromatic nitrogens is 2. The van der Waals surface area contributed by atoms with E-state index in [9.17, 15) is 9.90 Å². The monoisotopic (exact) mass is 312 g/mol. The van der Waals surface area contributed by atoms with E-state index in [4.69, 9.17) is 4.74 Å². The summed E-state index contributed by atoms with van der Waals surface area (Å²) < 4.78 is 7.61. The summed E-state index contributed by atoms with van der Waals surface area (Å²) in [6, 6.07) is 7.73. The Bertz CT molecular complexity index is 779. The zero-order valence-corrected chi connectivity index (χ0v) is 13.1. The molecule has 2 aromatic rings. The molecule has 0 amide bonds. The Morgan fingerprint density at radius 1 is 1.35 bits per heavy atom. The molecule has 4 rings (SSSR count). The third kappa shape index (κ3) is 2.27. The van der Waals surface area contributed by atoms with Crippen molar-refractivity contribution < 1.29 is 14.6 Å². The molecule has 2 heterocycles. The first-order chi connectivity index (χ1) is 11.2. The first kappa shape index (κ1) is 14.5. The lowest BCUT2D eigenvalue weighted by molar-refractivity contribution is -0.129. The third-order valence-electron chi connectivity index (χ3n) is 5.20. The Kier molecular flexibility index (Phi) is 3.45. The zero-order valence-electron chi connectivity index (χ0n) is 13.1. The highest BCUT2D eigenvalue weighted by molar-refractivity contribution is 6.18. The van der Waals surface area contributed by atoms with Gasteiger partial charge < -0.3 is 9.84 Å². The summed E-state index contributed by atoms with van der Waals surface area (Å²) in [6.45, 7) is 2.06. The van der Waals surface area contributed by atoms with Gasteiger partial charge in [-0.05, 0) is 24.5 Å². The summed E-state index contributed by atoms with van der Waals surface area (Å²) in [5.74, 6) is 0.0851. The van der Waals surface area contributed by atoms with Crippen molar-refractivity contribution in [2.45, 2.75) is 38.4 Å². The van der Waals surface area contributed by atoms with Crippen LogP contribution < -0.4 is 0 Å². The van der Waals surface area contributed by atoms with E-state index in [-0.39, 0.29) is 29.8 Å². The molecule has 23 heavy (non-hydrogen) atoms. The van der Waals surface area contributed by atoms with E-state index >= 15 is 0 Å². The van der Waals surface area contributed by atoms with Gasteiger partial charge >= 0.3 is 0 Å². The molecule has 4 atom stereocenters. The van der Waals surface area contributed by atoms with Crippen molar-refractivity contribution in [1.82, 2.24) is 9.55 Å². The molecule has 1 fully saturated rings. The van der Waals surface area contributed by atoms with E-state index in [1.54, 1.807) is 10.9 Å². The van der Waals surface area contributed by atoms with Crippen molar-refractivity contribution in [3.05, 3.63) is 36.9 Å². The van der Waals surface area contributed by atoms with Gasteiger partial charge in [-0.15, -0.1) is 0 Å². The first-order valence-electron chi connectivity index (χ1n) is 8.19. The van der Waals surface area contributed by atoms with E-state index in [2.05, 4.69) is 11.9 Å². The van der Waals surface area contributed by atoms with Gasteiger partial charge in [0.05, 0.1) is 23.1 Å². The molecular formula is C18H20N2O3. The average molecular weight is 312 g/mol. The lowest BCUT2D eigenvalue weighted by Gasteiger charge is -2.40. The van der Waals surface area contributed by atoms with Crippen LogP contribution in [0.1, 0.15) is 26.2 Å². The smallest absolute Gasteiger partial charge is 0.189 e. The van der Waals surface area contributed by atoms with E-state index in [0.717, 1.165) is 17.5 Å². The largest absolute Gasteiger partial charge is 0.495 e. The van der Waals surface area contributed by atoms with Crippen LogP contribution in [-0.2, 0) is 9.53 Å². The van der Waals surface area contributed by atoms with E-state index in [1.165, 1.54) is 6.26 Å². The molecule has 1 saturated carbocycles. The minimum atomic E-state index is -0.377. The second kappa shape index (κ2) is 5.49. The van der Waals surface area contributed by atoms with Gasteiger partial charge in [-0.2, -0.15) is 0 Å². The lowest BCUT2D eigenvalue weighted by atomic mass is 9.73. The second-order valence-electron chi connectivity index (χ2n) is 6.46. The number of hydrogen-bond acceptors (Lipinski definition) is 4. The number of Topliss-reactive ketones (excluding diaryl/α,β-unsaturated/α-hetero) is 1. The number of rotatable bonds is 2. The summed E-state index contributed by atoms with van der Waals surface area (Å²) in [5, 5.41) is 10.2. The van der Waals surface area contributed by atoms with Crippen LogP contribution in [0, 0.1) is 11.8 Å². The van der Waals surface area contributed by atoms with Crippen molar-refractivity contribution >= 4 is 22.5 Å². The quantitative estimate of drug-likeness (QED) is 0.926. The maximum absolute atomic E-state index is 13.0. The number of fused-ring (bicyclic) bond motifs is 2.